The van der Waals surface area contributed by atoms with Gasteiger partial charge >= 0.3 is 8.25 Å². The summed E-state index contributed by atoms with van der Waals surface area (Å²) in [4.78, 5) is 7.69. The van der Waals surface area contributed by atoms with Gasteiger partial charge in [-0.3, -0.25) is 5.41 Å². The molecule has 5 heteroatoms. The molecule has 0 aliphatic heterocycles. The third-order valence-electron chi connectivity index (χ3n) is 0.143. The van der Waals surface area contributed by atoms with Crippen LogP contribution in [-0.2, 0) is 9.09 Å². The highest BCUT2D eigenvalue weighted by molar-refractivity contribution is 7.32. The molecule has 6 heavy (non-hydrogen) atoms. The molecule has 0 amide bonds. The van der Waals surface area contributed by atoms with Crippen LogP contribution in [0, 0.1) is 5.41 Å². The second kappa shape index (κ2) is 2.75. The van der Waals surface area contributed by atoms with Gasteiger partial charge in [0, 0.05) is 4.57 Å². The average molecular weight is 108 g/mol. The Hall–Kier alpha value is -0.470. The van der Waals surface area contributed by atoms with Crippen LogP contribution in [0.1, 0.15) is 0 Å². The van der Waals surface area contributed by atoms with Gasteiger partial charge in [-0.1, -0.05) is 0 Å². The summed E-state index contributed by atoms with van der Waals surface area (Å²) in [6, 6.07) is 0. The molecule has 4 nitrogen and oxygen atoms in total. The van der Waals surface area contributed by atoms with Gasteiger partial charge in [0.15, 0.2) is 0 Å². The van der Waals surface area contributed by atoms with Crippen molar-refractivity contribution < 1.29 is 14.0 Å². The van der Waals surface area contributed by atoms with Crippen LogP contribution in [0.3, 0.4) is 0 Å². The predicted octanol–water partition coefficient (Wildman–Crippen LogP) is 0.260. The van der Waals surface area contributed by atoms with Crippen molar-refractivity contribution in [2.75, 3.05) is 0 Å². The van der Waals surface area contributed by atoms with Crippen molar-refractivity contribution in [3.63, 3.8) is 0 Å². The van der Waals surface area contributed by atoms with E-state index >= 15 is 0 Å². The van der Waals surface area contributed by atoms with E-state index in [9.17, 15) is 4.57 Å². The standard InChI is InChI=1S/CH2NO3P/c2-1-5-6(3)4/h1-2H/p+1. The van der Waals surface area contributed by atoms with Gasteiger partial charge in [0.1, 0.15) is 0 Å². The summed E-state index contributed by atoms with van der Waals surface area (Å²) in [7, 11) is -2.59. The molecule has 0 aliphatic rings. The number of hydrogen-bond donors (Lipinski definition) is 2. The summed E-state index contributed by atoms with van der Waals surface area (Å²) >= 11 is 0. The zero-order valence-corrected chi connectivity index (χ0v) is 3.68. The molecule has 34 valence electrons. The van der Waals surface area contributed by atoms with Crippen molar-refractivity contribution in [1.82, 2.24) is 0 Å². The summed E-state index contributed by atoms with van der Waals surface area (Å²) in [5, 5.41) is 6.04. The first-order chi connectivity index (χ1) is 2.77. The lowest BCUT2D eigenvalue weighted by Crippen LogP contribution is -1.66. The monoisotopic (exact) mass is 108 g/mol. The highest BCUT2D eigenvalue weighted by atomic mass is 31.1. The Kier molecular flexibility index (Phi) is 2.54. The molecular formula is CH3NO3P+. The molecule has 0 rings (SSSR count). The molecule has 0 aliphatic carbocycles. The number of hydrogen-bond acceptors (Lipinski definition) is 3. The third-order valence-corrected chi connectivity index (χ3v) is 0.429. The van der Waals surface area contributed by atoms with E-state index in [1.807, 2.05) is 0 Å². The second-order valence-corrected chi connectivity index (χ2v) is 1.15. The molecule has 0 heterocycles. The molecule has 0 aromatic carbocycles. The lowest BCUT2D eigenvalue weighted by molar-refractivity contribution is 0.412. The largest absolute Gasteiger partial charge is 0.748 e. The SMILES string of the molecule is N=CO[P+](=O)O. The van der Waals surface area contributed by atoms with Gasteiger partial charge in [-0.2, -0.15) is 0 Å². The van der Waals surface area contributed by atoms with Crippen molar-refractivity contribution in [3.05, 3.63) is 0 Å². The van der Waals surface area contributed by atoms with E-state index in [0.717, 1.165) is 0 Å². The van der Waals surface area contributed by atoms with Gasteiger partial charge in [-0.15, -0.1) is 4.89 Å². The maximum absolute atomic E-state index is 9.37. The fourth-order valence-corrected chi connectivity index (χ4v) is 0.135. The van der Waals surface area contributed by atoms with Crippen LogP contribution in [0.25, 0.3) is 0 Å². The first-order valence-corrected chi connectivity index (χ1v) is 2.22. The Labute approximate surface area is 35.2 Å². The van der Waals surface area contributed by atoms with Crippen LogP contribution < -0.4 is 0 Å². The van der Waals surface area contributed by atoms with E-state index in [0.29, 0.717) is 6.40 Å². The smallest absolute Gasteiger partial charge is 0.270 e. The summed E-state index contributed by atoms with van der Waals surface area (Å²) in [6.07, 6.45) is 0.415. The summed E-state index contributed by atoms with van der Waals surface area (Å²) in [5.41, 5.74) is 0. The highest BCUT2D eigenvalue weighted by Gasteiger charge is 2.06. The van der Waals surface area contributed by atoms with E-state index in [-0.39, 0.29) is 0 Å². The molecule has 0 spiro atoms. The molecule has 0 bridgehead atoms. The van der Waals surface area contributed by atoms with Gasteiger partial charge in [-0.25, -0.2) is 4.52 Å². The van der Waals surface area contributed by atoms with Crippen molar-refractivity contribution in [1.29, 1.82) is 5.41 Å². The fourth-order valence-electron chi connectivity index (χ4n) is 0.0451. The predicted molar refractivity (Wildman–Crippen MR) is 19.7 cm³/mol. The fraction of sp³-hybridized carbons (Fsp3) is 0. The summed E-state index contributed by atoms with van der Waals surface area (Å²) in [6.45, 7) is 0. The van der Waals surface area contributed by atoms with Crippen molar-refractivity contribution in [3.8, 4) is 0 Å². The lowest BCUT2D eigenvalue weighted by Gasteiger charge is -1.61. The lowest BCUT2D eigenvalue weighted by atomic mass is 11.6. The maximum atomic E-state index is 9.37. The van der Waals surface area contributed by atoms with Crippen LogP contribution in [0.5, 0.6) is 0 Å². The molecular weight excluding hydrogens is 105 g/mol. The molecule has 0 fully saturated rings. The van der Waals surface area contributed by atoms with Crippen molar-refractivity contribution >= 4 is 14.7 Å². The maximum Gasteiger partial charge on any atom is 0.748 e. The summed E-state index contributed by atoms with van der Waals surface area (Å²) in [5.74, 6) is 0. The van der Waals surface area contributed by atoms with Crippen LogP contribution in [-0.4, -0.2) is 11.3 Å². The highest BCUT2D eigenvalue weighted by Crippen LogP contribution is 2.10. The normalized spacial score (nSPS) is 9.83. The Morgan fingerprint density at radius 2 is 2.50 bits per heavy atom. The van der Waals surface area contributed by atoms with E-state index in [1.54, 1.807) is 0 Å². The van der Waals surface area contributed by atoms with E-state index in [4.69, 9.17) is 10.3 Å². The first-order valence-electron chi connectivity index (χ1n) is 1.09. The summed E-state index contributed by atoms with van der Waals surface area (Å²) < 4.78 is 13.0. The van der Waals surface area contributed by atoms with Crippen molar-refractivity contribution in [2.24, 2.45) is 0 Å². The minimum atomic E-state index is -2.59. The molecule has 0 saturated heterocycles. The zero-order chi connectivity index (χ0) is 4.99. The van der Waals surface area contributed by atoms with Gasteiger partial charge in [0.2, 0.25) is 6.40 Å². The molecule has 1 atom stereocenters. The van der Waals surface area contributed by atoms with E-state index < -0.39 is 8.25 Å². The zero-order valence-electron chi connectivity index (χ0n) is 2.79. The van der Waals surface area contributed by atoms with E-state index in [2.05, 4.69) is 4.52 Å². The first kappa shape index (κ1) is 5.53. The van der Waals surface area contributed by atoms with Crippen LogP contribution in [0.4, 0.5) is 0 Å². The Balaban J connectivity index is 3.05. The Morgan fingerprint density at radius 1 is 2.00 bits per heavy atom. The molecule has 0 saturated carbocycles. The number of nitrogens with one attached hydrogen (secondary N) is 1. The van der Waals surface area contributed by atoms with Gasteiger partial charge < -0.3 is 0 Å². The van der Waals surface area contributed by atoms with Gasteiger partial charge in [-0.05, 0) is 0 Å². The minimum Gasteiger partial charge on any atom is -0.270 e. The van der Waals surface area contributed by atoms with Gasteiger partial charge in [0.25, 0.3) is 0 Å². The van der Waals surface area contributed by atoms with Crippen LogP contribution >= 0.6 is 8.25 Å². The molecule has 0 radical (unpaired) electrons. The molecule has 0 aromatic rings. The van der Waals surface area contributed by atoms with E-state index in [1.165, 1.54) is 0 Å². The average Bonchev–Trinajstić information content (AvgIpc) is 1.35. The Bertz CT molecular complexity index is 71.2. The van der Waals surface area contributed by atoms with Crippen LogP contribution in [0.15, 0.2) is 0 Å². The molecule has 0 aromatic heterocycles. The minimum absolute atomic E-state index is 0.415. The quantitative estimate of drug-likeness (QED) is 0.302. The Morgan fingerprint density at radius 3 is 2.50 bits per heavy atom. The van der Waals surface area contributed by atoms with Crippen LogP contribution in [0.2, 0.25) is 0 Å². The van der Waals surface area contributed by atoms with Gasteiger partial charge in [0.05, 0.1) is 0 Å². The molecule has 1 unspecified atom stereocenters. The topological polar surface area (TPSA) is 70.4 Å². The third kappa shape index (κ3) is 3.53. The molecule has 2 N–H and O–H groups in total. The second-order valence-electron chi connectivity index (χ2n) is 0.461. The van der Waals surface area contributed by atoms with Crippen molar-refractivity contribution in [2.45, 2.75) is 0 Å². The number of rotatable bonds is 2.